The topological polar surface area (TPSA) is 140 Å². The van der Waals surface area contributed by atoms with Gasteiger partial charge in [-0.2, -0.15) is 13.2 Å². The number of carboxylic acids is 2. The second-order valence-electron chi connectivity index (χ2n) is 10.2. The van der Waals surface area contributed by atoms with Crippen molar-refractivity contribution in [1.82, 2.24) is 9.88 Å². The summed E-state index contributed by atoms with van der Waals surface area (Å²) in [6.07, 6.45) is 3.38. The predicted molar refractivity (Wildman–Crippen MR) is 147 cm³/mol. The van der Waals surface area contributed by atoms with Crippen molar-refractivity contribution in [3.05, 3.63) is 47.7 Å². The highest BCUT2D eigenvalue weighted by atomic mass is 32.2. The molecule has 1 aromatic heterocycles. The summed E-state index contributed by atoms with van der Waals surface area (Å²) in [5, 5.41) is 16.6. The molecule has 0 amide bonds. The molecular weight excluding hydrogens is 565 g/mol. The van der Waals surface area contributed by atoms with Gasteiger partial charge in [-0.05, 0) is 88.3 Å². The van der Waals surface area contributed by atoms with Gasteiger partial charge in [-0.15, -0.1) is 0 Å². The Morgan fingerprint density at radius 2 is 1.68 bits per heavy atom. The van der Waals surface area contributed by atoms with Crippen molar-refractivity contribution in [2.75, 3.05) is 42.3 Å². The Labute approximate surface area is 237 Å². The number of carboxylic acid groups (broad SMARTS) is 2. The summed E-state index contributed by atoms with van der Waals surface area (Å²) in [4.78, 5) is 29.6. The highest BCUT2D eigenvalue weighted by Crippen LogP contribution is 2.31. The van der Waals surface area contributed by atoms with E-state index in [4.69, 9.17) is 9.90 Å². The number of aromatic carboxylic acids is 1. The smallest absolute Gasteiger partial charge is 0.478 e. The number of hydrogen-bond donors (Lipinski definition) is 3. The number of alkyl halides is 3. The van der Waals surface area contributed by atoms with Gasteiger partial charge in [0.15, 0.2) is 5.82 Å². The number of halogens is 3. The lowest BCUT2D eigenvalue weighted by Gasteiger charge is -2.35. The minimum atomic E-state index is -5.08. The van der Waals surface area contributed by atoms with E-state index in [1.807, 2.05) is 13.0 Å². The van der Waals surface area contributed by atoms with E-state index in [0.29, 0.717) is 11.7 Å². The van der Waals surface area contributed by atoms with Crippen molar-refractivity contribution in [3.63, 3.8) is 0 Å². The van der Waals surface area contributed by atoms with Crippen molar-refractivity contribution in [2.24, 2.45) is 5.92 Å². The molecule has 3 N–H and O–H groups in total. The first kappa shape index (κ1) is 32.1. The normalized spacial score (nSPS) is 16.9. The lowest BCUT2D eigenvalue weighted by molar-refractivity contribution is -0.192. The fourth-order valence-corrected chi connectivity index (χ4v) is 6.03. The number of rotatable bonds is 8. The van der Waals surface area contributed by atoms with Gasteiger partial charge in [0.1, 0.15) is 0 Å². The Morgan fingerprint density at radius 3 is 2.24 bits per heavy atom. The van der Waals surface area contributed by atoms with E-state index in [1.165, 1.54) is 57.1 Å². The molecule has 1 aromatic carbocycles. The molecule has 0 atom stereocenters. The van der Waals surface area contributed by atoms with Gasteiger partial charge in [0.25, 0.3) is 10.0 Å². The average molecular weight is 601 g/mol. The summed E-state index contributed by atoms with van der Waals surface area (Å²) in [7, 11) is -3.89. The number of aryl methyl sites for hydroxylation is 1. The average Bonchev–Trinajstić information content (AvgIpc) is 2.92. The number of piperidine rings is 2. The number of pyridine rings is 1. The summed E-state index contributed by atoms with van der Waals surface area (Å²) >= 11 is 0. The number of aliphatic carboxylic acids is 1. The minimum absolute atomic E-state index is 0.0536. The first-order valence-electron chi connectivity index (χ1n) is 13.4. The Balaban J connectivity index is 0.000000587. The molecule has 0 saturated carbocycles. The van der Waals surface area contributed by atoms with Crippen LogP contribution in [0.2, 0.25) is 0 Å². The van der Waals surface area contributed by atoms with Gasteiger partial charge in [-0.3, -0.25) is 4.72 Å². The van der Waals surface area contributed by atoms with Crippen LogP contribution in [0.25, 0.3) is 0 Å². The summed E-state index contributed by atoms with van der Waals surface area (Å²) in [6.45, 7) is 6.93. The molecule has 10 nitrogen and oxygen atoms in total. The van der Waals surface area contributed by atoms with Crippen LogP contribution in [0.3, 0.4) is 0 Å². The highest BCUT2D eigenvalue weighted by molar-refractivity contribution is 7.92. The van der Waals surface area contributed by atoms with Crippen LogP contribution in [0.4, 0.5) is 24.7 Å². The van der Waals surface area contributed by atoms with E-state index in [0.717, 1.165) is 38.0 Å². The van der Waals surface area contributed by atoms with E-state index < -0.39 is 28.1 Å². The third kappa shape index (κ3) is 9.59. The van der Waals surface area contributed by atoms with Crippen LogP contribution < -0.4 is 9.62 Å². The second-order valence-corrected chi connectivity index (χ2v) is 11.9. The number of benzene rings is 1. The lowest BCUT2D eigenvalue weighted by atomic mass is 9.93. The van der Waals surface area contributed by atoms with E-state index in [-0.39, 0.29) is 16.1 Å². The molecule has 2 saturated heterocycles. The van der Waals surface area contributed by atoms with Gasteiger partial charge < -0.3 is 20.0 Å². The molecule has 2 fully saturated rings. The van der Waals surface area contributed by atoms with E-state index in [9.17, 15) is 31.5 Å². The third-order valence-electron chi connectivity index (χ3n) is 7.12. The molecule has 0 spiro atoms. The van der Waals surface area contributed by atoms with Crippen LogP contribution in [0.15, 0.2) is 41.4 Å². The van der Waals surface area contributed by atoms with Gasteiger partial charge in [-0.1, -0.05) is 18.6 Å². The highest BCUT2D eigenvalue weighted by Gasteiger charge is 2.38. The molecule has 3 heterocycles. The summed E-state index contributed by atoms with van der Waals surface area (Å²) in [6, 6.07) is 7.99. The zero-order valence-corrected chi connectivity index (χ0v) is 23.5. The maximum atomic E-state index is 13.0. The number of carbonyl (C=O) groups is 2. The maximum Gasteiger partial charge on any atom is 0.490 e. The van der Waals surface area contributed by atoms with Crippen LogP contribution >= 0.6 is 0 Å². The van der Waals surface area contributed by atoms with Crippen molar-refractivity contribution in [2.45, 2.75) is 56.5 Å². The van der Waals surface area contributed by atoms with Crippen LogP contribution in [0, 0.1) is 12.8 Å². The fraction of sp³-hybridized carbons (Fsp3) is 0.519. The molecule has 2 aromatic rings. The number of likely N-dealkylation sites (tertiary alicyclic amines) is 1. The summed E-state index contributed by atoms with van der Waals surface area (Å²) in [5.74, 6) is -2.78. The van der Waals surface area contributed by atoms with Gasteiger partial charge in [0, 0.05) is 19.3 Å². The number of sulfonamides is 1. The summed E-state index contributed by atoms with van der Waals surface area (Å²) in [5.41, 5.74) is 0.974. The molecular formula is C27H35F3N4O6S. The van der Waals surface area contributed by atoms with E-state index >= 15 is 0 Å². The fourth-order valence-electron chi connectivity index (χ4n) is 4.87. The minimum Gasteiger partial charge on any atom is -0.478 e. The van der Waals surface area contributed by atoms with Crippen LogP contribution in [-0.2, 0) is 14.8 Å². The molecule has 14 heteroatoms. The number of nitrogens with zero attached hydrogens (tertiary/aromatic N) is 3. The number of anilines is 2. The molecule has 4 rings (SSSR count). The second kappa shape index (κ2) is 14.0. The monoisotopic (exact) mass is 600 g/mol. The van der Waals surface area contributed by atoms with Gasteiger partial charge in [0.2, 0.25) is 0 Å². The van der Waals surface area contributed by atoms with Crippen molar-refractivity contribution in [1.29, 1.82) is 0 Å². The number of hydrogen-bond acceptors (Lipinski definition) is 7. The molecule has 0 bridgehead atoms. The number of nitrogens with one attached hydrogen (secondary N) is 1. The molecule has 2 aliphatic heterocycles. The van der Waals surface area contributed by atoms with Gasteiger partial charge in [0.05, 0.1) is 16.1 Å². The molecule has 0 unspecified atom stereocenters. The van der Waals surface area contributed by atoms with E-state index in [1.54, 1.807) is 12.1 Å². The quantitative estimate of drug-likeness (QED) is 0.396. The zero-order valence-electron chi connectivity index (χ0n) is 22.7. The van der Waals surface area contributed by atoms with Crippen LogP contribution in [0.1, 0.15) is 54.4 Å². The third-order valence-corrected chi connectivity index (χ3v) is 8.48. The largest absolute Gasteiger partial charge is 0.490 e. The molecule has 2 aliphatic rings. The van der Waals surface area contributed by atoms with Gasteiger partial charge in [-0.25, -0.2) is 23.0 Å². The first-order chi connectivity index (χ1) is 19.3. The van der Waals surface area contributed by atoms with Gasteiger partial charge >= 0.3 is 18.1 Å². The number of aromatic nitrogens is 1. The molecule has 226 valence electrons. The first-order valence-corrected chi connectivity index (χ1v) is 14.8. The molecule has 41 heavy (non-hydrogen) atoms. The van der Waals surface area contributed by atoms with Crippen LogP contribution in [0.5, 0.6) is 0 Å². The Morgan fingerprint density at radius 1 is 1.05 bits per heavy atom. The van der Waals surface area contributed by atoms with Crippen LogP contribution in [-0.4, -0.2) is 79.4 Å². The standard InChI is InChI=1S/C25H34N4O4S.C2HF3O2/c1-19-6-5-7-22(16-19)34(32,33)27-23-17-21(25(30)31)18-26-24(23)29-14-9-20(10-15-29)8-13-28-11-3-2-4-12-28;3-2(4,5)1(6)7/h5-7,16-18,20,27H,2-4,8-15H2,1H3,(H,30,31);(H,6,7). The molecule has 0 radical (unpaired) electrons. The maximum absolute atomic E-state index is 13.0. The Bertz CT molecular complexity index is 1310. The Hall–Kier alpha value is -3.39. The van der Waals surface area contributed by atoms with Crippen molar-refractivity contribution >= 4 is 33.5 Å². The lowest BCUT2D eigenvalue weighted by Crippen LogP contribution is -2.37. The summed E-state index contributed by atoms with van der Waals surface area (Å²) < 4.78 is 60.4. The Kier molecular flexibility index (Phi) is 11.0. The predicted octanol–water partition coefficient (Wildman–Crippen LogP) is 4.61. The van der Waals surface area contributed by atoms with E-state index in [2.05, 4.69) is 19.5 Å². The molecule has 0 aliphatic carbocycles. The van der Waals surface area contributed by atoms with Crippen molar-refractivity contribution in [3.8, 4) is 0 Å². The van der Waals surface area contributed by atoms with Crippen molar-refractivity contribution < 1.29 is 41.4 Å². The zero-order chi connectivity index (χ0) is 30.2. The SMILES string of the molecule is Cc1cccc(S(=O)(=O)Nc2cc(C(=O)O)cnc2N2CCC(CCN3CCCCC3)CC2)c1.O=C(O)C(F)(F)F.